The van der Waals surface area contributed by atoms with E-state index in [1.807, 2.05) is 17.6 Å². The summed E-state index contributed by atoms with van der Waals surface area (Å²) in [7, 11) is -1.21. The third-order valence-corrected chi connectivity index (χ3v) is 6.64. The Morgan fingerprint density at radius 3 is 2.65 bits per heavy atom. The molecule has 1 saturated heterocycles. The second-order valence-corrected chi connectivity index (χ2v) is 14.3. The SMILES string of the molecule is CC1OC(c2cc3c(Oc4ccc(N)cc4F)ncnc3n2COCC[Si](C)(C)C)O1. The van der Waals surface area contributed by atoms with Crippen LogP contribution in [0.15, 0.2) is 30.6 Å². The molecule has 31 heavy (non-hydrogen) atoms. The van der Waals surface area contributed by atoms with Crippen LogP contribution in [-0.2, 0) is 20.9 Å². The van der Waals surface area contributed by atoms with Gasteiger partial charge in [0.15, 0.2) is 17.9 Å². The van der Waals surface area contributed by atoms with Crippen LogP contribution in [0.5, 0.6) is 11.6 Å². The van der Waals surface area contributed by atoms with E-state index in [2.05, 4.69) is 29.6 Å². The zero-order chi connectivity index (χ0) is 22.2. The number of fused-ring (bicyclic) bond motifs is 1. The lowest BCUT2D eigenvalue weighted by atomic mass is 10.3. The van der Waals surface area contributed by atoms with Gasteiger partial charge in [0, 0.05) is 26.4 Å². The molecule has 0 radical (unpaired) electrons. The number of hydrogen-bond donors (Lipinski definition) is 1. The molecule has 10 heteroatoms. The molecule has 0 spiro atoms. The molecule has 1 fully saturated rings. The third kappa shape index (κ3) is 4.87. The molecule has 1 aromatic carbocycles. The van der Waals surface area contributed by atoms with Crippen molar-refractivity contribution in [3.05, 3.63) is 42.1 Å². The molecule has 0 unspecified atom stereocenters. The van der Waals surface area contributed by atoms with E-state index in [0.717, 1.165) is 11.7 Å². The maximum Gasteiger partial charge on any atom is 0.231 e. The second-order valence-electron chi connectivity index (χ2n) is 8.72. The lowest BCUT2D eigenvalue weighted by molar-refractivity contribution is -0.384. The number of nitrogens with two attached hydrogens (primary N) is 1. The number of ether oxygens (including phenoxy) is 4. The molecule has 1 aliphatic rings. The maximum absolute atomic E-state index is 14.2. The van der Waals surface area contributed by atoms with Gasteiger partial charge in [0.25, 0.3) is 0 Å². The van der Waals surface area contributed by atoms with Gasteiger partial charge in [0.05, 0.1) is 11.1 Å². The summed E-state index contributed by atoms with van der Waals surface area (Å²) < 4.78 is 39.2. The van der Waals surface area contributed by atoms with Gasteiger partial charge in [-0.1, -0.05) is 19.6 Å². The van der Waals surface area contributed by atoms with E-state index in [1.54, 1.807) is 6.07 Å². The van der Waals surface area contributed by atoms with Crippen molar-refractivity contribution < 1.29 is 23.3 Å². The molecule has 166 valence electrons. The summed E-state index contributed by atoms with van der Waals surface area (Å²) >= 11 is 0. The van der Waals surface area contributed by atoms with E-state index in [9.17, 15) is 4.39 Å². The van der Waals surface area contributed by atoms with Gasteiger partial charge in [0.1, 0.15) is 18.7 Å². The van der Waals surface area contributed by atoms with Crippen molar-refractivity contribution in [3.8, 4) is 11.6 Å². The van der Waals surface area contributed by atoms with E-state index in [1.165, 1.54) is 18.5 Å². The molecule has 2 aromatic heterocycles. The van der Waals surface area contributed by atoms with Gasteiger partial charge in [-0.3, -0.25) is 0 Å². The fraction of sp³-hybridized carbons (Fsp3) is 0.429. The molecule has 4 rings (SSSR count). The Bertz CT molecular complexity index is 1080. The Morgan fingerprint density at radius 2 is 1.97 bits per heavy atom. The van der Waals surface area contributed by atoms with Crippen LogP contribution >= 0.6 is 0 Å². The average molecular weight is 447 g/mol. The minimum Gasteiger partial charge on any atom is -0.435 e. The summed E-state index contributed by atoms with van der Waals surface area (Å²) in [6.07, 6.45) is 0.557. The smallest absolute Gasteiger partial charge is 0.231 e. The Balaban J connectivity index is 1.65. The molecular weight excluding hydrogens is 419 g/mol. The number of nitrogen functional groups attached to an aromatic ring is 1. The number of rotatable bonds is 8. The van der Waals surface area contributed by atoms with Crippen LogP contribution in [0.3, 0.4) is 0 Å². The number of anilines is 1. The van der Waals surface area contributed by atoms with E-state index in [-0.39, 0.29) is 24.7 Å². The van der Waals surface area contributed by atoms with Crippen LogP contribution in [0.2, 0.25) is 25.7 Å². The highest BCUT2D eigenvalue weighted by Crippen LogP contribution is 2.37. The number of aromatic nitrogens is 3. The van der Waals surface area contributed by atoms with Crippen molar-refractivity contribution in [1.29, 1.82) is 0 Å². The van der Waals surface area contributed by atoms with Crippen LogP contribution in [-0.4, -0.2) is 35.5 Å². The normalized spacial score (nSPS) is 18.9. The molecule has 8 nitrogen and oxygen atoms in total. The first kappa shape index (κ1) is 21.7. The van der Waals surface area contributed by atoms with Gasteiger partial charge in [-0.15, -0.1) is 0 Å². The molecule has 0 amide bonds. The third-order valence-electron chi connectivity index (χ3n) is 4.94. The van der Waals surface area contributed by atoms with Gasteiger partial charge < -0.3 is 29.2 Å². The largest absolute Gasteiger partial charge is 0.435 e. The van der Waals surface area contributed by atoms with Crippen LogP contribution in [0.1, 0.15) is 18.9 Å². The highest BCUT2D eigenvalue weighted by molar-refractivity contribution is 6.76. The van der Waals surface area contributed by atoms with Crippen LogP contribution < -0.4 is 10.5 Å². The van der Waals surface area contributed by atoms with Crippen molar-refractivity contribution in [2.24, 2.45) is 0 Å². The van der Waals surface area contributed by atoms with E-state index < -0.39 is 20.2 Å². The summed E-state index contributed by atoms with van der Waals surface area (Å²) in [5, 5.41) is 0.606. The van der Waals surface area contributed by atoms with Crippen molar-refractivity contribution in [3.63, 3.8) is 0 Å². The van der Waals surface area contributed by atoms with Crippen molar-refractivity contribution >= 4 is 24.8 Å². The molecule has 2 N–H and O–H groups in total. The standard InChI is InChI=1S/C21H27FN4O4Si/c1-13-28-21(29-13)17-10-15-19(26(17)12-27-7-8-31(2,3)4)24-11-25-20(15)30-18-6-5-14(23)9-16(18)22/h5-6,9-11,13,21H,7-8,12,23H2,1-4H3. The van der Waals surface area contributed by atoms with Gasteiger partial charge >= 0.3 is 0 Å². The number of benzene rings is 1. The highest BCUT2D eigenvalue weighted by Gasteiger charge is 2.33. The molecule has 3 aromatic rings. The van der Waals surface area contributed by atoms with Crippen molar-refractivity contribution in [1.82, 2.24) is 14.5 Å². The van der Waals surface area contributed by atoms with Gasteiger partial charge in [-0.2, -0.15) is 0 Å². The highest BCUT2D eigenvalue weighted by atomic mass is 28.3. The van der Waals surface area contributed by atoms with Gasteiger partial charge in [0.2, 0.25) is 12.2 Å². The molecule has 0 bridgehead atoms. The molecule has 0 saturated carbocycles. The molecule has 1 aliphatic heterocycles. The number of nitrogens with zero attached hydrogens (tertiary/aromatic N) is 3. The Morgan fingerprint density at radius 1 is 1.19 bits per heavy atom. The monoisotopic (exact) mass is 446 g/mol. The minimum atomic E-state index is -1.21. The van der Waals surface area contributed by atoms with E-state index in [4.69, 9.17) is 24.7 Å². The van der Waals surface area contributed by atoms with Gasteiger partial charge in [-0.05, 0) is 31.2 Å². The Labute approximate surface area is 181 Å². The first-order valence-corrected chi connectivity index (χ1v) is 13.9. The Hall–Kier alpha value is -2.53. The first-order valence-electron chi connectivity index (χ1n) is 10.2. The topological polar surface area (TPSA) is 93.7 Å². The van der Waals surface area contributed by atoms with Crippen molar-refractivity contribution in [2.75, 3.05) is 12.3 Å². The summed E-state index contributed by atoms with van der Waals surface area (Å²) in [6.45, 7) is 9.68. The lowest BCUT2D eigenvalue weighted by Gasteiger charge is -2.34. The quantitative estimate of drug-likeness (QED) is 0.306. The zero-order valence-corrected chi connectivity index (χ0v) is 19.1. The molecular formula is C21H27FN4O4Si. The van der Waals surface area contributed by atoms with Crippen LogP contribution in [0.25, 0.3) is 11.0 Å². The fourth-order valence-electron chi connectivity index (χ4n) is 3.21. The van der Waals surface area contributed by atoms with E-state index in [0.29, 0.717) is 23.3 Å². The number of hydrogen-bond acceptors (Lipinski definition) is 7. The average Bonchev–Trinajstić information content (AvgIpc) is 3.03. The van der Waals surface area contributed by atoms with E-state index >= 15 is 0 Å². The summed E-state index contributed by atoms with van der Waals surface area (Å²) in [4.78, 5) is 8.61. The first-order chi connectivity index (χ1) is 14.7. The number of halogens is 1. The zero-order valence-electron chi connectivity index (χ0n) is 18.1. The molecule has 0 atom stereocenters. The maximum atomic E-state index is 14.2. The van der Waals surface area contributed by atoms with Crippen LogP contribution in [0.4, 0.5) is 10.1 Å². The Kier molecular flexibility index (Phi) is 5.97. The van der Waals surface area contributed by atoms with Crippen molar-refractivity contribution in [2.45, 2.75) is 51.9 Å². The molecule has 3 heterocycles. The summed E-state index contributed by atoms with van der Waals surface area (Å²) in [6, 6.07) is 7.12. The molecule has 0 aliphatic carbocycles. The predicted molar refractivity (Wildman–Crippen MR) is 117 cm³/mol. The second kappa shape index (κ2) is 8.54. The lowest BCUT2D eigenvalue weighted by Crippen LogP contribution is -2.33. The van der Waals surface area contributed by atoms with Gasteiger partial charge in [-0.25, -0.2) is 14.4 Å². The minimum absolute atomic E-state index is 0.0275. The summed E-state index contributed by atoms with van der Waals surface area (Å²) in [5.74, 6) is -0.316. The predicted octanol–water partition coefficient (Wildman–Crippen LogP) is 4.65. The summed E-state index contributed by atoms with van der Waals surface area (Å²) in [5.41, 5.74) is 7.27. The fourth-order valence-corrected chi connectivity index (χ4v) is 3.97. The van der Waals surface area contributed by atoms with Crippen LogP contribution in [0, 0.1) is 5.82 Å².